The van der Waals surface area contributed by atoms with Crippen molar-refractivity contribution >= 4 is 22.4 Å². The Kier molecular flexibility index (Phi) is 2.67. The molecule has 1 N–H and O–H groups in total. The maximum absolute atomic E-state index is 11.8. The molecule has 0 spiro atoms. The average Bonchev–Trinajstić information content (AvgIpc) is 2.92. The molecule has 86 valence electrons. The van der Waals surface area contributed by atoms with E-state index < -0.39 is 0 Å². The number of amides is 1. The fourth-order valence-electron chi connectivity index (χ4n) is 3.32. The Bertz CT molecular complexity index is 376. The molecule has 2 bridgehead atoms. The van der Waals surface area contributed by atoms with E-state index in [1.807, 2.05) is 5.38 Å². The number of thiazole rings is 1. The van der Waals surface area contributed by atoms with Gasteiger partial charge in [0, 0.05) is 18.0 Å². The Morgan fingerprint density at radius 3 is 3.06 bits per heavy atom. The van der Waals surface area contributed by atoms with Crippen LogP contribution in [0.1, 0.15) is 32.1 Å². The van der Waals surface area contributed by atoms with E-state index >= 15 is 0 Å². The summed E-state index contributed by atoms with van der Waals surface area (Å²) < 4.78 is 0. The molecule has 2 fully saturated rings. The smallest absolute Gasteiger partial charge is 0.226 e. The molecule has 1 aromatic heterocycles. The first-order valence-electron chi connectivity index (χ1n) is 6.00. The Hall–Kier alpha value is -0.900. The van der Waals surface area contributed by atoms with E-state index in [4.69, 9.17) is 0 Å². The predicted molar refractivity (Wildman–Crippen MR) is 64.3 cm³/mol. The molecule has 2 saturated carbocycles. The van der Waals surface area contributed by atoms with Crippen LogP contribution in [0.3, 0.4) is 0 Å². The lowest BCUT2D eigenvalue weighted by Crippen LogP contribution is -2.20. The van der Waals surface area contributed by atoms with Gasteiger partial charge in [-0.2, -0.15) is 0 Å². The topological polar surface area (TPSA) is 42.0 Å². The van der Waals surface area contributed by atoms with Gasteiger partial charge in [0.05, 0.1) is 0 Å². The minimum absolute atomic E-state index is 0.146. The fourth-order valence-corrected chi connectivity index (χ4v) is 3.87. The third kappa shape index (κ3) is 1.98. The van der Waals surface area contributed by atoms with Gasteiger partial charge in [0.15, 0.2) is 5.13 Å². The number of hydrogen-bond donors (Lipinski definition) is 1. The van der Waals surface area contributed by atoms with Crippen LogP contribution in [0.15, 0.2) is 11.6 Å². The van der Waals surface area contributed by atoms with Gasteiger partial charge in [-0.1, -0.05) is 6.42 Å². The van der Waals surface area contributed by atoms with Gasteiger partial charge in [0.2, 0.25) is 5.91 Å². The van der Waals surface area contributed by atoms with Gasteiger partial charge in [-0.25, -0.2) is 4.98 Å². The first-order valence-corrected chi connectivity index (χ1v) is 6.88. The number of carbonyl (C=O) groups excluding carboxylic acids is 1. The fraction of sp³-hybridized carbons (Fsp3) is 0.667. The van der Waals surface area contributed by atoms with E-state index in [2.05, 4.69) is 10.3 Å². The number of carbonyl (C=O) groups is 1. The normalized spacial score (nSPS) is 31.9. The first-order chi connectivity index (χ1) is 7.81. The van der Waals surface area contributed by atoms with Crippen molar-refractivity contribution in [1.82, 2.24) is 4.98 Å². The minimum atomic E-state index is 0.146. The number of nitrogens with one attached hydrogen (secondary N) is 1. The third-order valence-electron chi connectivity index (χ3n) is 4.01. The molecular formula is C12H16N2OS. The maximum Gasteiger partial charge on any atom is 0.226 e. The largest absolute Gasteiger partial charge is 0.302 e. The second-order valence-electron chi connectivity index (χ2n) is 5.02. The van der Waals surface area contributed by atoms with Crippen molar-refractivity contribution in [3.05, 3.63) is 11.6 Å². The molecule has 0 radical (unpaired) electrons. The highest BCUT2D eigenvalue weighted by Gasteiger charge is 2.40. The number of hydrogen-bond acceptors (Lipinski definition) is 3. The van der Waals surface area contributed by atoms with E-state index in [1.165, 1.54) is 37.0 Å². The lowest BCUT2D eigenvalue weighted by atomic mass is 9.86. The molecule has 3 nitrogen and oxygen atoms in total. The quantitative estimate of drug-likeness (QED) is 0.876. The molecule has 4 heteroatoms. The van der Waals surface area contributed by atoms with Crippen LogP contribution in [-0.2, 0) is 4.79 Å². The van der Waals surface area contributed by atoms with Gasteiger partial charge < -0.3 is 5.32 Å². The number of nitrogens with zero attached hydrogens (tertiary/aromatic N) is 1. The van der Waals surface area contributed by atoms with Gasteiger partial charge in [-0.05, 0) is 37.0 Å². The van der Waals surface area contributed by atoms with Crippen LogP contribution in [0.25, 0.3) is 0 Å². The molecular weight excluding hydrogens is 220 g/mol. The van der Waals surface area contributed by atoms with E-state index in [-0.39, 0.29) is 5.91 Å². The van der Waals surface area contributed by atoms with Crippen molar-refractivity contribution in [3.63, 3.8) is 0 Å². The summed E-state index contributed by atoms with van der Waals surface area (Å²) in [6.07, 6.45) is 7.80. The molecule has 1 amide bonds. The zero-order valence-electron chi connectivity index (χ0n) is 9.19. The number of fused-ring (bicyclic) bond motifs is 2. The molecule has 3 rings (SSSR count). The Labute approximate surface area is 99.3 Å². The molecule has 0 saturated heterocycles. The number of anilines is 1. The lowest BCUT2D eigenvalue weighted by molar-refractivity contribution is -0.117. The summed E-state index contributed by atoms with van der Waals surface area (Å²) in [5.41, 5.74) is 0. The first kappa shape index (κ1) is 10.3. The van der Waals surface area contributed by atoms with Gasteiger partial charge in [-0.3, -0.25) is 4.79 Å². The van der Waals surface area contributed by atoms with Gasteiger partial charge in [0.1, 0.15) is 0 Å². The highest BCUT2D eigenvalue weighted by molar-refractivity contribution is 7.13. The van der Waals surface area contributed by atoms with Crippen molar-refractivity contribution in [1.29, 1.82) is 0 Å². The molecule has 16 heavy (non-hydrogen) atoms. The standard InChI is InChI=1S/C12H16N2OS/c15-11(14-12-13-3-4-16-12)7-10-6-8-1-2-9(10)5-8/h3-4,8-10H,1-2,5-7H2,(H,13,14,15)/t8-,9-,10-/m0/s1. The van der Waals surface area contributed by atoms with E-state index in [0.717, 1.165) is 17.0 Å². The highest BCUT2D eigenvalue weighted by Crippen LogP contribution is 2.49. The summed E-state index contributed by atoms with van der Waals surface area (Å²) in [6, 6.07) is 0. The Morgan fingerprint density at radius 1 is 1.50 bits per heavy atom. The van der Waals surface area contributed by atoms with Crippen LogP contribution in [-0.4, -0.2) is 10.9 Å². The monoisotopic (exact) mass is 236 g/mol. The molecule has 0 aliphatic heterocycles. The van der Waals surface area contributed by atoms with Crippen LogP contribution in [0.5, 0.6) is 0 Å². The van der Waals surface area contributed by atoms with E-state index in [0.29, 0.717) is 12.3 Å². The number of aromatic nitrogens is 1. The van der Waals surface area contributed by atoms with Crippen LogP contribution >= 0.6 is 11.3 Å². The average molecular weight is 236 g/mol. The molecule has 0 unspecified atom stereocenters. The van der Waals surface area contributed by atoms with Gasteiger partial charge >= 0.3 is 0 Å². The molecule has 0 aromatic carbocycles. The van der Waals surface area contributed by atoms with Crippen molar-refractivity contribution in [2.24, 2.45) is 17.8 Å². The van der Waals surface area contributed by atoms with Crippen LogP contribution in [0, 0.1) is 17.8 Å². The second kappa shape index (κ2) is 4.17. The predicted octanol–water partition coefficient (Wildman–Crippen LogP) is 2.91. The van der Waals surface area contributed by atoms with Gasteiger partial charge in [0.25, 0.3) is 0 Å². The summed E-state index contributed by atoms with van der Waals surface area (Å²) in [5, 5.41) is 5.49. The summed E-state index contributed by atoms with van der Waals surface area (Å²) in [4.78, 5) is 15.9. The zero-order valence-corrected chi connectivity index (χ0v) is 10.0. The lowest BCUT2D eigenvalue weighted by Gasteiger charge is -2.20. The molecule has 2 aliphatic carbocycles. The van der Waals surface area contributed by atoms with Crippen LogP contribution in [0.2, 0.25) is 0 Å². The van der Waals surface area contributed by atoms with Crippen molar-refractivity contribution in [2.45, 2.75) is 32.1 Å². The highest BCUT2D eigenvalue weighted by atomic mass is 32.1. The van der Waals surface area contributed by atoms with Crippen LogP contribution in [0.4, 0.5) is 5.13 Å². The molecule has 3 atom stereocenters. The summed E-state index contributed by atoms with van der Waals surface area (Å²) in [6.45, 7) is 0. The summed E-state index contributed by atoms with van der Waals surface area (Å²) in [5.74, 6) is 2.53. The summed E-state index contributed by atoms with van der Waals surface area (Å²) in [7, 11) is 0. The summed E-state index contributed by atoms with van der Waals surface area (Å²) >= 11 is 1.48. The molecule has 1 heterocycles. The molecule has 2 aliphatic rings. The van der Waals surface area contributed by atoms with E-state index in [1.54, 1.807) is 6.20 Å². The SMILES string of the molecule is O=C(C[C@@H]1C[C@H]2CC[C@H]1C2)Nc1nccs1. The van der Waals surface area contributed by atoms with Crippen molar-refractivity contribution in [2.75, 3.05) is 5.32 Å². The minimum Gasteiger partial charge on any atom is -0.302 e. The Morgan fingerprint density at radius 2 is 2.44 bits per heavy atom. The third-order valence-corrected chi connectivity index (χ3v) is 4.70. The van der Waals surface area contributed by atoms with Crippen molar-refractivity contribution in [3.8, 4) is 0 Å². The second-order valence-corrected chi connectivity index (χ2v) is 5.92. The number of rotatable bonds is 3. The van der Waals surface area contributed by atoms with Gasteiger partial charge in [-0.15, -0.1) is 11.3 Å². The Balaban J connectivity index is 1.53. The zero-order chi connectivity index (χ0) is 11.0. The maximum atomic E-state index is 11.8. The van der Waals surface area contributed by atoms with E-state index in [9.17, 15) is 4.79 Å². The molecule has 1 aromatic rings. The van der Waals surface area contributed by atoms with Crippen molar-refractivity contribution < 1.29 is 4.79 Å². The van der Waals surface area contributed by atoms with Crippen LogP contribution < -0.4 is 5.32 Å².